The van der Waals surface area contributed by atoms with Gasteiger partial charge < -0.3 is 14.5 Å². The number of halogens is 3. The van der Waals surface area contributed by atoms with E-state index < -0.39 is 12.6 Å². The Hall–Kier alpha value is -3.23. The van der Waals surface area contributed by atoms with Gasteiger partial charge in [0.15, 0.2) is 11.4 Å². The third-order valence-electron chi connectivity index (χ3n) is 8.42. The van der Waals surface area contributed by atoms with Crippen molar-refractivity contribution in [3.8, 4) is 27.7 Å². The Bertz CT molecular complexity index is 1530. The molecule has 42 heavy (non-hydrogen) atoms. The highest BCUT2D eigenvalue weighted by molar-refractivity contribution is 7.19. The molecule has 0 radical (unpaired) electrons. The second-order valence-corrected chi connectivity index (χ2v) is 12.3. The molecule has 2 saturated heterocycles. The number of rotatable bonds is 7. The van der Waals surface area contributed by atoms with Gasteiger partial charge in [-0.05, 0) is 52.8 Å². The summed E-state index contributed by atoms with van der Waals surface area (Å²) in [6.07, 6.45) is -0.208. The lowest BCUT2D eigenvalue weighted by atomic mass is 10.0. The van der Waals surface area contributed by atoms with Crippen LogP contribution in [0.25, 0.3) is 27.6 Å². The van der Waals surface area contributed by atoms with E-state index in [-0.39, 0.29) is 17.0 Å². The van der Waals surface area contributed by atoms with Crippen molar-refractivity contribution in [2.75, 3.05) is 51.3 Å². The molecule has 2 fully saturated rings. The quantitative estimate of drug-likeness (QED) is 0.326. The first kappa shape index (κ1) is 28.9. The number of hydrogen-bond acceptors (Lipinski definition) is 9. The van der Waals surface area contributed by atoms with Crippen LogP contribution < -0.4 is 9.64 Å². The second-order valence-electron chi connectivity index (χ2n) is 11.3. The maximum Gasteiger partial charge on any atom is 0.393 e. The van der Waals surface area contributed by atoms with Crippen molar-refractivity contribution in [1.29, 1.82) is 0 Å². The fraction of sp³-hybridized carbons (Fsp3) is 0.571. The molecule has 0 atom stereocenters. The number of aryl methyl sites for hydroxylation is 1. The molecule has 0 unspecified atom stereocenters. The van der Waals surface area contributed by atoms with E-state index in [9.17, 15) is 13.2 Å². The molecule has 4 aromatic rings. The number of alkyl halides is 3. The number of methoxy groups -OCH3 is 1. The van der Waals surface area contributed by atoms with Gasteiger partial charge in [0.2, 0.25) is 0 Å². The monoisotopic (exact) mass is 603 g/mol. The van der Waals surface area contributed by atoms with Crippen LogP contribution >= 0.6 is 11.3 Å². The Morgan fingerprint density at radius 2 is 1.86 bits per heavy atom. The average Bonchev–Trinajstić information content (AvgIpc) is 3.70. The van der Waals surface area contributed by atoms with Gasteiger partial charge in [-0.1, -0.05) is 11.3 Å². The van der Waals surface area contributed by atoms with Gasteiger partial charge in [-0.15, -0.1) is 0 Å². The molecule has 14 heteroatoms. The van der Waals surface area contributed by atoms with E-state index in [1.54, 1.807) is 12.3 Å². The third kappa shape index (κ3) is 5.71. The normalized spacial score (nSPS) is 18.0. The van der Waals surface area contributed by atoms with Gasteiger partial charge in [-0.2, -0.15) is 23.4 Å². The molecule has 0 amide bonds. The summed E-state index contributed by atoms with van der Waals surface area (Å²) in [6.45, 7) is 12.4. The predicted molar refractivity (Wildman–Crippen MR) is 156 cm³/mol. The molecule has 6 rings (SSSR count). The van der Waals surface area contributed by atoms with Gasteiger partial charge in [-0.25, -0.2) is 14.5 Å². The number of likely N-dealkylation sites (tertiary alicyclic amines) is 1. The first-order valence-electron chi connectivity index (χ1n) is 14.3. The molecule has 4 aromatic heterocycles. The summed E-state index contributed by atoms with van der Waals surface area (Å²) in [6, 6.07) is 2.85. The fourth-order valence-electron chi connectivity index (χ4n) is 6.18. The Labute approximate surface area is 246 Å². The summed E-state index contributed by atoms with van der Waals surface area (Å²) in [5, 5.41) is 12.8. The number of H-pyrrole nitrogens is 1. The lowest BCUT2D eigenvalue weighted by molar-refractivity contribution is -0.127. The lowest BCUT2D eigenvalue weighted by Crippen LogP contribution is -2.53. The van der Waals surface area contributed by atoms with E-state index in [1.165, 1.54) is 42.1 Å². The Morgan fingerprint density at radius 3 is 2.52 bits per heavy atom. The number of ether oxygens (including phenoxy) is 1. The van der Waals surface area contributed by atoms with Crippen molar-refractivity contribution in [3.05, 3.63) is 29.8 Å². The molecule has 6 heterocycles. The van der Waals surface area contributed by atoms with Crippen LogP contribution in [0.5, 0.6) is 5.75 Å². The summed E-state index contributed by atoms with van der Waals surface area (Å²) < 4.78 is 48.5. The maximum absolute atomic E-state index is 13.9. The Morgan fingerprint density at radius 1 is 1.12 bits per heavy atom. The summed E-state index contributed by atoms with van der Waals surface area (Å²) in [5.41, 5.74) is 2.26. The van der Waals surface area contributed by atoms with E-state index in [0.717, 1.165) is 50.0 Å². The highest BCUT2D eigenvalue weighted by Gasteiger charge is 2.34. The van der Waals surface area contributed by atoms with Crippen LogP contribution in [-0.2, 0) is 6.42 Å². The topological polar surface area (TPSA) is 90.7 Å². The van der Waals surface area contributed by atoms with Crippen molar-refractivity contribution in [2.24, 2.45) is 0 Å². The summed E-state index contributed by atoms with van der Waals surface area (Å²) in [4.78, 5) is 16.3. The first-order chi connectivity index (χ1) is 20.1. The number of piperidine rings is 1. The SMILES string of the molecule is COc1cc(-c2[nH]nc(-c3nc(C)c(N4CCN(C5CCN(C(C)C)CC5)CC4)s3)c2CC(F)(F)F)cn2ncnc12. The van der Waals surface area contributed by atoms with E-state index in [4.69, 9.17) is 9.72 Å². The molecule has 0 spiro atoms. The molecule has 1 N–H and O–H groups in total. The zero-order chi connectivity index (χ0) is 29.6. The van der Waals surface area contributed by atoms with Crippen LogP contribution in [-0.4, -0.2) is 104 Å². The molecule has 0 saturated carbocycles. The van der Waals surface area contributed by atoms with Crippen LogP contribution in [0.3, 0.4) is 0 Å². The summed E-state index contributed by atoms with van der Waals surface area (Å²) in [5.74, 6) is 0.399. The summed E-state index contributed by atoms with van der Waals surface area (Å²) in [7, 11) is 1.48. The van der Waals surface area contributed by atoms with E-state index in [2.05, 4.69) is 48.8 Å². The van der Waals surface area contributed by atoms with Gasteiger partial charge in [0.05, 0.1) is 24.9 Å². The minimum absolute atomic E-state index is 0.0434. The number of hydrogen-bond donors (Lipinski definition) is 1. The maximum atomic E-state index is 13.9. The van der Waals surface area contributed by atoms with E-state index in [0.29, 0.717) is 34.1 Å². The Kier molecular flexibility index (Phi) is 7.87. The number of aromatic amines is 1. The lowest BCUT2D eigenvalue weighted by Gasteiger charge is -2.43. The first-order valence-corrected chi connectivity index (χ1v) is 15.2. The zero-order valence-corrected chi connectivity index (χ0v) is 25.1. The van der Waals surface area contributed by atoms with Gasteiger partial charge in [-0.3, -0.25) is 10.00 Å². The number of pyridine rings is 1. The van der Waals surface area contributed by atoms with Crippen LogP contribution in [0.4, 0.5) is 18.2 Å². The molecule has 0 aliphatic carbocycles. The molecule has 0 aromatic carbocycles. The minimum atomic E-state index is -4.44. The Balaban J connectivity index is 1.24. The van der Waals surface area contributed by atoms with Crippen LogP contribution in [0.2, 0.25) is 0 Å². The molecule has 0 bridgehead atoms. The number of nitrogens with zero attached hydrogens (tertiary/aromatic N) is 8. The largest absolute Gasteiger partial charge is 0.493 e. The van der Waals surface area contributed by atoms with Crippen molar-refractivity contribution in [3.63, 3.8) is 0 Å². The number of aromatic nitrogens is 6. The fourth-order valence-corrected chi connectivity index (χ4v) is 7.31. The number of nitrogens with one attached hydrogen (secondary N) is 1. The van der Waals surface area contributed by atoms with Crippen molar-refractivity contribution in [1.82, 2.24) is 39.6 Å². The zero-order valence-electron chi connectivity index (χ0n) is 24.3. The van der Waals surface area contributed by atoms with Gasteiger partial charge >= 0.3 is 6.18 Å². The highest BCUT2D eigenvalue weighted by atomic mass is 32.1. The van der Waals surface area contributed by atoms with Crippen LogP contribution in [0.1, 0.15) is 37.9 Å². The van der Waals surface area contributed by atoms with Gasteiger partial charge in [0.1, 0.15) is 22.0 Å². The number of thiazole rings is 1. The van der Waals surface area contributed by atoms with Crippen LogP contribution in [0, 0.1) is 6.92 Å². The highest BCUT2D eigenvalue weighted by Crippen LogP contribution is 2.40. The molecular formula is C28H36F3N9OS. The summed E-state index contributed by atoms with van der Waals surface area (Å²) >= 11 is 1.41. The van der Waals surface area contributed by atoms with Crippen molar-refractivity contribution in [2.45, 2.75) is 58.3 Å². The van der Waals surface area contributed by atoms with Crippen molar-refractivity contribution < 1.29 is 17.9 Å². The smallest absolute Gasteiger partial charge is 0.393 e. The van der Waals surface area contributed by atoms with E-state index in [1.807, 2.05) is 6.92 Å². The standard InChI is InChI=1S/C28H36F3N9OS/c1-17(2)37-7-5-20(6-8-37)38-9-11-39(12-10-38)27-18(3)34-26(42-27)24-21(14-28(29,30)31)23(35-36-24)19-13-22(41-4)25-32-16-33-40(25)15-19/h13,15-17,20H,5-12,14H2,1-4H3,(H,35,36). The minimum Gasteiger partial charge on any atom is -0.493 e. The number of piperazine rings is 1. The average molecular weight is 604 g/mol. The predicted octanol–water partition coefficient (Wildman–Crippen LogP) is 4.66. The molecule has 2 aliphatic heterocycles. The third-order valence-corrected chi connectivity index (χ3v) is 9.64. The van der Waals surface area contributed by atoms with Crippen molar-refractivity contribution >= 4 is 22.0 Å². The second kappa shape index (κ2) is 11.5. The molecule has 2 aliphatic rings. The molecule has 10 nitrogen and oxygen atoms in total. The number of anilines is 1. The van der Waals surface area contributed by atoms with Gasteiger partial charge in [0, 0.05) is 55.6 Å². The molecular weight excluding hydrogens is 567 g/mol. The molecule has 226 valence electrons. The number of fused-ring (bicyclic) bond motifs is 1. The van der Waals surface area contributed by atoms with Gasteiger partial charge in [0.25, 0.3) is 0 Å². The van der Waals surface area contributed by atoms with E-state index >= 15 is 0 Å². The van der Waals surface area contributed by atoms with Crippen LogP contribution in [0.15, 0.2) is 18.6 Å².